The monoisotopic (exact) mass is 338 g/mol. The molecule has 6 nitrogen and oxygen atoms in total. The van der Waals surface area contributed by atoms with Crippen molar-refractivity contribution in [3.63, 3.8) is 0 Å². The van der Waals surface area contributed by atoms with Gasteiger partial charge in [-0.1, -0.05) is 0 Å². The largest absolute Gasteiger partial charge is 0.353 e. The van der Waals surface area contributed by atoms with Crippen LogP contribution in [0.5, 0.6) is 0 Å². The summed E-state index contributed by atoms with van der Waals surface area (Å²) in [6, 6.07) is 9.23. The van der Waals surface area contributed by atoms with E-state index in [1.54, 1.807) is 17.0 Å². The van der Waals surface area contributed by atoms with Crippen LogP contribution < -0.4 is 4.90 Å². The Morgan fingerprint density at radius 3 is 2.56 bits per heavy atom. The zero-order valence-electron chi connectivity index (χ0n) is 13.4. The Hall–Kier alpha value is -3.27. The van der Waals surface area contributed by atoms with Gasteiger partial charge in [-0.2, -0.15) is 5.26 Å². The predicted octanol–water partition coefficient (Wildman–Crippen LogP) is 1.87. The van der Waals surface area contributed by atoms with Crippen LogP contribution in [0.4, 0.5) is 10.2 Å². The van der Waals surface area contributed by atoms with Crippen molar-refractivity contribution in [3.05, 3.63) is 59.0 Å². The molecule has 0 unspecified atom stereocenters. The number of aldehydes is 1. The van der Waals surface area contributed by atoms with Gasteiger partial charge in [-0.15, -0.1) is 0 Å². The van der Waals surface area contributed by atoms with E-state index in [1.165, 1.54) is 18.3 Å². The average molecular weight is 338 g/mol. The molecule has 2 aromatic rings. The van der Waals surface area contributed by atoms with Gasteiger partial charge in [0.1, 0.15) is 24.0 Å². The topological polar surface area (TPSA) is 77.3 Å². The van der Waals surface area contributed by atoms with E-state index in [-0.39, 0.29) is 11.1 Å². The summed E-state index contributed by atoms with van der Waals surface area (Å²) in [6.45, 7) is 1.95. The van der Waals surface area contributed by atoms with Crippen LogP contribution in [0.2, 0.25) is 0 Å². The van der Waals surface area contributed by atoms with Crippen LogP contribution in [0.25, 0.3) is 0 Å². The Morgan fingerprint density at radius 1 is 1.20 bits per heavy atom. The molecule has 1 aliphatic heterocycles. The van der Waals surface area contributed by atoms with E-state index < -0.39 is 11.7 Å². The van der Waals surface area contributed by atoms with Crippen LogP contribution in [0, 0.1) is 17.1 Å². The summed E-state index contributed by atoms with van der Waals surface area (Å²) < 4.78 is 13.9. The normalized spacial score (nSPS) is 14.1. The van der Waals surface area contributed by atoms with Crippen molar-refractivity contribution in [2.24, 2.45) is 0 Å². The van der Waals surface area contributed by atoms with Crippen molar-refractivity contribution < 1.29 is 14.0 Å². The molecule has 1 amide bonds. The van der Waals surface area contributed by atoms with Crippen molar-refractivity contribution >= 4 is 18.0 Å². The number of carbonyl (C=O) groups excluding carboxylic acids is 2. The molecule has 1 aliphatic rings. The Morgan fingerprint density at radius 2 is 1.96 bits per heavy atom. The molecule has 0 spiro atoms. The van der Waals surface area contributed by atoms with Crippen LogP contribution in [-0.4, -0.2) is 48.3 Å². The minimum Gasteiger partial charge on any atom is -0.353 e. The van der Waals surface area contributed by atoms with E-state index in [0.29, 0.717) is 38.0 Å². The number of hydrogen-bond acceptors (Lipinski definition) is 5. The van der Waals surface area contributed by atoms with E-state index in [9.17, 15) is 14.0 Å². The quantitative estimate of drug-likeness (QED) is 0.799. The molecule has 0 saturated carbocycles. The number of rotatable bonds is 3. The maximum atomic E-state index is 13.9. The van der Waals surface area contributed by atoms with Gasteiger partial charge in [0, 0.05) is 37.9 Å². The van der Waals surface area contributed by atoms with Gasteiger partial charge in [0.2, 0.25) is 0 Å². The number of carbonyl (C=O) groups is 2. The van der Waals surface area contributed by atoms with E-state index in [4.69, 9.17) is 5.26 Å². The summed E-state index contributed by atoms with van der Waals surface area (Å²) in [4.78, 5) is 31.2. The van der Waals surface area contributed by atoms with Gasteiger partial charge in [0.25, 0.3) is 5.91 Å². The van der Waals surface area contributed by atoms with E-state index >= 15 is 0 Å². The second-order valence-corrected chi connectivity index (χ2v) is 5.65. The molecule has 0 aliphatic carbocycles. The molecule has 1 aromatic carbocycles. The third-order valence-corrected chi connectivity index (χ3v) is 4.12. The van der Waals surface area contributed by atoms with Gasteiger partial charge in [0.15, 0.2) is 0 Å². The molecule has 0 radical (unpaired) electrons. The standard InChI is InChI=1S/C18H15FN4O2/c19-16-3-1-13(12-24)9-15(16)18(25)23-7-5-22(6-8-23)17-4-2-14(10-20)11-21-17/h1-4,9,11-12H,5-8H2. The average Bonchev–Trinajstić information content (AvgIpc) is 2.68. The Bertz CT molecular complexity index is 837. The second-order valence-electron chi connectivity index (χ2n) is 5.65. The number of piperazine rings is 1. The highest BCUT2D eigenvalue weighted by Gasteiger charge is 2.24. The number of aromatic nitrogens is 1. The highest BCUT2D eigenvalue weighted by atomic mass is 19.1. The molecule has 0 N–H and O–H groups in total. The van der Waals surface area contributed by atoms with E-state index in [1.807, 2.05) is 11.0 Å². The predicted molar refractivity (Wildman–Crippen MR) is 88.9 cm³/mol. The number of anilines is 1. The molecular formula is C18H15FN4O2. The minimum atomic E-state index is -0.633. The molecule has 2 heterocycles. The number of benzene rings is 1. The Kier molecular flexibility index (Phi) is 4.70. The van der Waals surface area contributed by atoms with Crippen LogP contribution in [0.15, 0.2) is 36.5 Å². The van der Waals surface area contributed by atoms with Crippen LogP contribution in [-0.2, 0) is 0 Å². The van der Waals surface area contributed by atoms with Crippen molar-refractivity contribution in [1.29, 1.82) is 5.26 Å². The van der Waals surface area contributed by atoms with Crippen LogP contribution in [0.1, 0.15) is 26.3 Å². The summed E-state index contributed by atoms with van der Waals surface area (Å²) in [5, 5.41) is 8.80. The number of hydrogen-bond donors (Lipinski definition) is 0. The number of halogens is 1. The minimum absolute atomic E-state index is 0.0884. The van der Waals surface area contributed by atoms with Gasteiger partial charge in [-0.3, -0.25) is 9.59 Å². The highest BCUT2D eigenvalue weighted by Crippen LogP contribution is 2.17. The molecule has 3 rings (SSSR count). The smallest absolute Gasteiger partial charge is 0.256 e. The van der Waals surface area contributed by atoms with Gasteiger partial charge < -0.3 is 9.80 Å². The molecule has 1 aromatic heterocycles. The maximum Gasteiger partial charge on any atom is 0.256 e. The molecule has 7 heteroatoms. The lowest BCUT2D eigenvalue weighted by Gasteiger charge is -2.35. The molecule has 0 atom stereocenters. The Balaban J connectivity index is 1.68. The molecule has 25 heavy (non-hydrogen) atoms. The SMILES string of the molecule is N#Cc1ccc(N2CCN(C(=O)c3cc(C=O)ccc3F)CC2)nc1. The van der Waals surface area contributed by atoms with Gasteiger partial charge in [-0.25, -0.2) is 9.37 Å². The fraction of sp³-hybridized carbons (Fsp3) is 0.222. The van der Waals surface area contributed by atoms with E-state index in [0.717, 1.165) is 11.9 Å². The van der Waals surface area contributed by atoms with Gasteiger partial charge >= 0.3 is 0 Å². The third kappa shape index (κ3) is 3.48. The number of amides is 1. The fourth-order valence-electron chi connectivity index (χ4n) is 2.73. The summed E-state index contributed by atoms with van der Waals surface area (Å²) >= 11 is 0. The lowest BCUT2D eigenvalue weighted by atomic mass is 10.1. The van der Waals surface area contributed by atoms with Crippen molar-refractivity contribution in [2.75, 3.05) is 31.1 Å². The first kappa shape index (κ1) is 16.6. The lowest BCUT2D eigenvalue weighted by Crippen LogP contribution is -2.49. The number of nitrogens with zero attached hydrogens (tertiary/aromatic N) is 4. The van der Waals surface area contributed by atoms with Crippen molar-refractivity contribution in [1.82, 2.24) is 9.88 Å². The highest BCUT2D eigenvalue weighted by molar-refractivity contribution is 5.96. The van der Waals surface area contributed by atoms with Crippen molar-refractivity contribution in [2.45, 2.75) is 0 Å². The second kappa shape index (κ2) is 7.09. The summed E-state index contributed by atoms with van der Waals surface area (Å²) in [7, 11) is 0. The first-order chi connectivity index (χ1) is 12.1. The third-order valence-electron chi connectivity index (χ3n) is 4.12. The van der Waals surface area contributed by atoms with Crippen LogP contribution in [0.3, 0.4) is 0 Å². The molecule has 126 valence electrons. The van der Waals surface area contributed by atoms with Crippen LogP contribution >= 0.6 is 0 Å². The number of pyridine rings is 1. The van der Waals surface area contributed by atoms with Gasteiger partial charge in [0.05, 0.1) is 11.1 Å². The summed E-state index contributed by atoms with van der Waals surface area (Å²) in [5.41, 5.74) is 0.669. The zero-order chi connectivity index (χ0) is 17.8. The zero-order valence-corrected chi connectivity index (χ0v) is 13.4. The summed E-state index contributed by atoms with van der Waals surface area (Å²) in [5.74, 6) is -0.319. The maximum absolute atomic E-state index is 13.9. The molecular weight excluding hydrogens is 323 g/mol. The van der Waals surface area contributed by atoms with E-state index in [2.05, 4.69) is 4.98 Å². The number of nitriles is 1. The first-order valence-corrected chi connectivity index (χ1v) is 7.77. The lowest BCUT2D eigenvalue weighted by molar-refractivity contribution is 0.0742. The Labute approximate surface area is 144 Å². The van der Waals surface area contributed by atoms with Gasteiger partial charge in [-0.05, 0) is 30.3 Å². The molecule has 1 saturated heterocycles. The first-order valence-electron chi connectivity index (χ1n) is 7.77. The molecule has 0 bridgehead atoms. The fourth-order valence-corrected chi connectivity index (χ4v) is 2.73. The van der Waals surface area contributed by atoms with Crippen molar-refractivity contribution in [3.8, 4) is 6.07 Å². The molecule has 1 fully saturated rings. The summed E-state index contributed by atoms with van der Waals surface area (Å²) in [6.07, 6.45) is 2.10.